The molecule has 1 aliphatic carbocycles. The Morgan fingerprint density at radius 3 is 3.07 bits per heavy atom. The molecule has 3 nitrogen and oxygen atoms in total. The topological polar surface area (TPSA) is 38.8 Å². The van der Waals surface area contributed by atoms with Crippen molar-refractivity contribution < 1.29 is 14.3 Å². The van der Waals surface area contributed by atoms with Gasteiger partial charge in [-0.25, -0.2) is 4.79 Å². The lowest BCUT2D eigenvalue weighted by Gasteiger charge is -2.39. The van der Waals surface area contributed by atoms with Gasteiger partial charge in [0.05, 0.1) is 6.10 Å². The molecule has 1 saturated heterocycles. The molecule has 0 bridgehead atoms. The highest BCUT2D eigenvalue weighted by Gasteiger charge is 2.63. The predicted octanol–water partition coefficient (Wildman–Crippen LogP) is 1.43. The summed E-state index contributed by atoms with van der Waals surface area (Å²) in [6.45, 7) is 4.76. The van der Waals surface area contributed by atoms with Gasteiger partial charge >= 0.3 is 5.97 Å². The normalized spacial score (nSPS) is 50.0. The minimum Gasteiger partial charge on any atom is -0.462 e. The van der Waals surface area contributed by atoms with Gasteiger partial charge in [0.2, 0.25) is 0 Å². The van der Waals surface area contributed by atoms with Gasteiger partial charge in [-0.15, -0.1) is 0 Å². The molecule has 2 aliphatic heterocycles. The third-order valence-electron chi connectivity index (χ3n) is 3.88. The number of carbonyl (C=O) groups is 1. The van der Waals surface area contributed by atoms with Crippen LogP contribution in [-0.2, 0) is 14.3 Å². The second kappa shape index (κ2) is 2.22. The Hall–Kier alpha value is -0.830. The van der Waals surface area contributed by atoms with E-state index in [4.69, 9.17) is 9.47 Å². The summed E-state index contributed by atoms with van der Waals surface area (Å²) < 4.78 is 10.8. The zero-order valence-corrected chi connectivity index (χ0v) is 8.50. The molecule has 3 rings (SSSR count). The molecule has 14 heavy (non-hydrogen) atoms. The Morgan fingerprint density at radius 2 is 2.29 bits per heavy atom. The van der Waals surface area contributed by atoms with Crippen LogP contribution in [0.25, 0.3) is 0 Å². The number of esters is 1. The first-order chi connectivity index (χ1) is 6.55. The van der Waals surface area contributed by atoms with E-state index in [2.05, 4.69) is 13.8 Å². The summed E-state index contributed by atoms with van der Waals surface area (Å²) in [6.07, 6.45) is 4.13. The van der Waals surface area contributed by atoms with Crippen molar-refractivity contribution in [3.8, 4) is 0 Å². The van der Waals surface area contributed by atoms with Crippen LogP contribution in [0.3, 0.4) is 0 Å². The summed E-state index contributed by atoms with van der Waals surface area (Å²) in [5.74, 6) is -0.213. The molecule has 0 radical (unpaired) electrons. The Kier molecular flexibility index (Phi) is 1.34. The molecule has 0 spiro atoms. The fourth-order valence-electron chi connectivity index (χ4n) is 2.87. The van der Waals surface area contributed by atoms with E-state index in [1.165, 1.54) is 0 Å². The molecule has 0 N–H and O–H groups in total. The predicted molar refractivity (Wildman–Crippen MR) is 49.7 cm³/mol. The van der Waals surface area contributed by atoms with Gasteiger partial charge in [-0.05, 0) is 25.3 Å². The maximum atomic E-state index is 11.2. The van der Waals surface area contributed by atoms with E-state index in [0.717, 1.165) is 18.4 Å². The summed E-state index contributed by atoms with van der Waals surface area (Å²) in [5.41, 5.74) is 1.01. The van der Waals surface area contributed by atoms with Crippen LogP contribution in [0.5, 0.6) is 0 Å². The van der Waals surface area contributed by atoms with Crippen LogP contribution in [0.1, 0.15) is 26.7 Å². The molecule has 0 amide bonds. The zero-order chi connectivity index (χ0) is 9.97. The summed E-state index contributed by atoms with van der Waals surface area (Å²) in [4.78, 5) is 11.2. The lowest BCUT2D eigenvalue weighted by molar-refractivity contribution is -0.142. The van der Waals surface area contributed by atoms with Gasteiger partial charge in [0.25, 0.3) is 0 Å². The number of fused-ring (bicyclic) bond motifs is 3. The van der Waals surface area contributed by atoms with E-state index in [-0.39, 0.29) is 17.0 Å². The summed E-state index contributed by atoms with van der Waals surface area (Å²) in [5, 5.41) is 0. The van der Waals surface area contributed by atoms with E-state index in [1.807, 2.05) is 0 Å². The number of cyclic esters (lactones) is 1. The fourth-order valence-corrected chi connectivity index (χ4v) is 2.87. The van der Waals surface area contributed by atoms with Crippen LogP contribution in [0, 0.1) is 5.41 Å². The SMILES string of the molecule is CC12O[C@H]1CC[C@@]1(C)COC(=O)C=C21. The van der Waals surface area contributed by atoms with Gasteiger partial charge in [0.15, 0.2) is 0 Å². The van der Waals surface area contributed by atoms with Crippen LogP contribution >= 0.6 is 0 Å². The summed E-state index contributed by atoms with van der Waals surface area (Å²) >= 11 is 0. The van der Waals surface area contributed by atoms with Gasteiger partial charge in [-0.3, -0.25) is 0 Å². The van der Waals surface area contributed by atoms with Crippen molar-refractivity contribution in [1.82, 2.24) is 0 Å². The van der Waals surface area contributed by atoms with Crippen LogP contribution in [0.4, 0.5) is 0 Å². The number of hydrogen-bond acceptors (Lipinski definition) is 3. The molecule has 0 aromatic rings. The van der Waals surface area contributed by atoms with E-state index in [0.29, 0.717) is 12.7 Å². The average Bonchev–Trinajstić information content (AvgIpc) is 2.81. The van der Waals surface area contributed by atoms with E-state index >= 15 is 0 Å². The van der Waals surface area contributed by atoms with Crippen LogP contribution < -0.4 is 0 Å². The number of hydrogen-bond donors (Lipinski definition) is 0. The van der Waals surface area contributed by atoms with E-state index in [9.17, 15) is 4.79 Å². The largest absolute Gasteiger partial charge is 0.462 e. The average molecular weight is 194 g/mol. The van der Waals surface area contributed by atoms with Crippen molar-refractivity contribution in [2.24, 2.45) is 5.41 Å². The standard InChI is InChI=1S/C11H14O3/c1-10-4-3-8-11(2,14-8)7(10)5-9(12)13-6-10/h5,8H,3-4,6H2,1-2H3/t8-,10-,11?/m0/s1. The highest BCUT2D eigenvalue weighted by molar-refractivity contribution is 5.85. The second-order valence-corrected chi connectivity index (χ2v) is 4.98. The highest BCUT2D eigenvalue weighted by Crippen LogP contribution is 2.58. The van der Waals surface area contributed by atoms with Crippen LogP contribution in [0.15, 0.2) is 11.6 Å². The Bertz CT molecular complexity index is 346. The molecule has 76 valence electrons. The van der Waals surface area contributed by atoms with Gasteiger partial charge in [-0.1, -0.05) is 6.92 Å². The Labute approximate surface area is 83.1 Å². The van der Waals surface area contributed by atoms with Gasteiger partial charge in [0, 0.05) is 11.5 Å². The molecule has 1 saturated carbocycles. The van der Waals surface area contributed by atoms with Crippen molar-refractivity contribution in [3.63, 3.8) is 0 Å². The van der Waals surface area contributed by atoms with E-state index < -0.39 is 0 Å². The molecular formula is C11H14O3. The second-order valence-electron chi connectivity index (χ2n) is 4.98. The van der Waals surface area contributed by atoms with Crippen molar-refractivity contribution >= 4 is 5.97 Å². The third-order valence-corrected chi connectivity index (χ3v) is 3.88. The van der Waals surface area contributed by atoms with Crippen molar-refractivity contribution in [2.75, 3.05) is 6.61 Å². The molecule has 3 heteroatoms. The Balaban J connectivity index is 2.07. The molecule has 3 aliphatic rings. The fraction of sp³-hybridized carbons (Fsp3) is 0.727. The van der Waals surface area contributed by atoms with Gasteiger partial charge in [-0.2, -0.15) is 0 Å². The van der Waals surface area contributed by atoms with Crippen molar-refractivity contribution in [2.45, 2.75) is 38.4 Å². The number of carbonyl (C=O) groups excluding carboxylic acids is 1. The molecule has 3 atom stereocenters. The molecular weight excluding hydrogens is 180 g/mol. The minimum atomic E-state index is -0.213. The number of epoxide rings is 1. The van der Waals surface area contributed by atoms with Crippen LogP contribution in [0.2, 0.25) is 0 Å². The summed E-state index contributed by atoms with van der Waals surface area (Å²) in [7, 11) is 0. The molecule has 2 heterocycles. The lowest BCUT2D eigenvalue weighted by atomic mass is 9.67. The highest BCUT2D eigenvalue weighted by atomic mass is 16.6. The first-order valence-electron chi connectivity index (χ1n) is 5.12. The molecule has 0 aromatic heterocycles. The lowest BCUT2D eigenvalue weighted by Crippen LogP contribution is -2.41. The van der Waals surface area contributed by atoms with E-state index in [1.54, 1.807) is 6.08 Å². The first kappa shape index (κ1) is 8.48. The molecule has 2 fully saturated rings. The Morgan fingerprint density at radius 1 is 1.50 bits per heavy atom. The molecule has 0 aromatic carbocycles. The minimum absolute atomic E-state index is 0.0235. The maximum Gasteiger partial charge on any atom is 0.330 e. The zero-order valence-electron chi connectivity index (χ0n) is 8.50. The van der Waals surface area contributed by atoms with Crippen LogP contribution in [-0.4, -0.2) is 24.3 Å². The monoisotopic (exact) mass is 194 g/mol. The quantitative estimate of drug-likeness (QED) is 0.432. The van der Waals surface area contributed by atoms with Crippen molar-refractivity contribution in [3.05, 3.63) is 11.6 Å². The number of rotatable bonds is 0. The van der Waals surface area contributed by atoms with Gasteiger partial charge in [0.1, 0.15) is 12.2 Å². The van der Waals surface area contributed by atoms with Crippen molar-refractivity contribution in [1.29, 1.82) is 0 Å². The number of ether oxygens (including phenoxy) is 2. The molecule has 1 unspecified atom stereocenters. The first-order valence-corrected chi connectivity index (χ1v) is 5.12. The smallest absolute Gasteiger partial charge is 0.330 e. The summed E-state index contributed by atoms with van der Waals surface area (Å²) in [6, 6.07) is 0. The van der Waals surface area contributed by atoms with Gasteiger partial charge < -0.3 is 9.47 Å². The third kappa shape index (κ3) is 0.883. The maximum absolute atomic E-state index is 11.2.